The molecule has 4 rings (SSSR count). The van der Waals surface area contributed by atoms with Crippen LogP contribution in [-0.4, -0.2) is 32.2 Å². The molecule has 0 saturated heterocycles. The number of hydrogen-bond acceptors (Lipinski definition) is 5. The lowest BCUT2D eigenvalue weighted by Gasteiger charge is -2.25. The Morgan fingerprint density at radius 2 is 1.67 bits per heavy atom. The van der Waals surface area contributed by atoms with Crippen molar-refractivity contribution >= 4 is 48.9 Å². The maximum absolute atomic E-state index is 11.8. The molecule has 1 aliphatic heterocycles. The maximum Gasteiger partial charge on any atom is 0.202 e. The molecular formula is C22H18BrClN2O3S. The van der Waals surface area contributed by atoms with E-state index in [0.717, 1.165) is 10.7 Å². The van der Waals surface area contributed by atoms with E-state index in [9.17, 15) is 13.5 Å². The third-order valence-corrected chi connectivity index (χ3v) is 6.89. The number of para-hydroxylation sites is 1. The second-order valence-corrected chi connectivity index (χ2v) is 10.4. The van der Waals surface area contributed by atoms with Gasteiger partial charge in [-0.15, -0.1) is 0 Å². The smallest absolute Gasteiger partial charge is 0.202 e. The molecule has 0 aromatic heterocycles. The van der Waals surface area contributed by atoms with E-state index in [2.05, 4.69) is 20.9 Å². The number of halogens is 2. The van der Waals surface area contributed by atoms with E-state index in [1.807, 2.05) is 47.4 Å². The molecule has 8 heteroatoms. The van der Waals surface area contributed by atoms with Crippen molar-refractivity contribution in [2.45, 2.75) is 10.6 Å². The monoisotopic (exact) mass is 504 g/mol. The largest absolute Gasteiger partial charge is 0.364 e. The Bertz CT molecular complexity index is 1230. The molecule has 0 saturated carbocycles. The molecule has 1 N–H and O–H groups in total. The molecule has 3 aromatic rings. The molecule has 30 heavy (non-hydrogen) atoms. The zero-order valence-electron chi connectivity index (χ0n) is 16.0. The van der Waals surface area contributed by atoms with Gasteiger partial charge in [-0.1, -0.05) is 51.8 Å². The van der Waals surface area contributed by atoms with Crippen molar-refractivity contribution in [3.05, 3.63) is 93.4 Å². The number of hydrogen-bond donors (Lipinski definition) is 1. The van der Waals surface area contributed by atoms with Gasteiger partial charge in [-0.05, 0) is 48.5 Å². The number of sulfone groups is 1. The Labute approximate surface area is 188 Å². The highest BCUT2D eigenvalue weighted by Crippen LogP contribution is 2.37. The summed E-state index contributed by atoms with van der Waals surface area (Å²) in [5, 5.41) is 11.9. The number of aliphatic imine (C=N–C) groups is 1. The summed E-state index contributed by atoms with van der Waals surface area (Å²) in [6, 6.07) is 21.1. The van der Waals surface area contributed by atoms with Crippen LogP contribution in [0.4, 0.5) is 5.69 Å². The third-order valence-electron chi connectivity index (χ3n) is 4.92. The number of β-amino-alcohol motifs (C(OH)–C–C–N with tert-alkyl or cyclic N) is 1. The lowest BCUT2D eigenvalue weighted by atomic mass is 10.0. The van der Waals surface area contributed by atoms with Crippen molar-refractivity contribution in [2.75, 3.05) is 17.7 Å². The minimum Gasteiger partial charge on any atom is -0.364 e. The highest BCUT2D eigenvalue weighted by molar-refractivity contribution is 9.10. The molecule has 1 heterocycles. The third kappa shape index (κ3) is 4.03. The summed E-state index contributed by atoms with van der Waals surface area (Å²) in [7, 11) is -3.31. The van der Waals surface area contributed by atoms with Gasteiger partial charge in [0.15, 0.2) is 9.84 Å². The normalized spacial score (nSPS) is 19.1. The molecule has 0 bridgehead atoms. The van der Waals surface area contributed by atoms with Gasteiger partial charge in [0, 0.05) is 21.9 Å². The first kappa shape index (κ1) is 21.1. The Balaban J connectivity index is 1.83. The molecule has 1 aliphatic rings. The summed E-state index contributed by atoms with van der Waals surface area (Å²) in [4.78, 5) is 6.72. The molecule has 0 radical (unpaired) electrons. The summed E-state index contributed by atoms with van der Waals surface area (Å²) in [5.74, 6) is 0.508. The van der Waals surface area contributed by atoms with Gasteiger partial charge in [0.2, 0.25) is 5.72 Å². The molecule has 0 aliphatic carbocycles. The van der Waals surface area contributed by atoms with Crippen molar-refractivity contribution < 1.29 is 13.5 Å². The standard InChI is InChI=1S/C22H18BrClN2O3S/c1-30(28,29)18-12-6-15(7-13-18)21-25-22(27,16-8-10-17(23)11-9-16)14-26(21)20-5-3-2-4-19(20)24/h2-13,27H,14H2,1H3. The Morgan fingerprint density at radius 3 is 2.27 bits per heavy atom. The minimum atomic E-state index is -3.31. The van der Waals surface area contributed by atoms with Gasteiger partial charge in [-0.3, -0.25) is 0 Å². The first-order valence-electron chi connectivity index (χ1n) is 9.08. The zero-order valence-corrected chi connectivity index (χ0v) is 19.1. The van der Waals surface area contributed by atoms with Crippen LogP contribution in [0.15, 0.2) is 87.2 Å². The Kier molecular flexibility index (Phi) is 5.48. The SMILES string of the molecule is CS(=O)(=O)c1ccc(C2=NC(O)(c3ccc(Br)cc3)CN2c2ccccc2Cl)cc1. The Morgan fingerprint density at radius 1 is 1.03 bits per heavy atom. The molecule has 0 amide bonds. The first-order valence-corrected chi connectivity index (χ1v) is 12.1. The number of nitrogens with zero attached hydrogens (tertiary/aromatic N) is 2. The van der Waals surface area contributed by atoms with Crippen LogP contribution in [-0.2, 0) is 15.6 Å². The van der Waals surface area contributed by atoms with E-state index in [1.165, 1.54) is 12.1 Å². The molecular weight excluding hydrogens is 488 g/mol. The molecule has 1 unspecified atom stereocenters. The summed E-state index contributed by atoms with van der Waals surface area (Å²) in [6.45, 7) is 0.168. The summed E-state index contributed by atoms with van der Waals surface area (Å²) < 4.78 is 24.5. The van der Waals surface area contributed by atoms with Crippen LogP contribution in [0, 0.1) is 0 Å². The average molecular weight is 506 g/mol. The van der Waals surface area contributed by atoms with Gasteiger partial charge in [0.1, 0.15) is 5.84 Å². The first-order chi connectivity index (χ1) is 14.2. The van der Waals surface area contributed by atoms with Crippen LogP contribution in [0.3, 0.4) is 0 Å². The fourth-order valence-corrected chi connectivity index (χ4v) is 4.51. The predicted molar refractivity (Wildman–Crippen MR) is 123 cm³/mol. The van der Waals surface area contributed by atoms with Gasteiger partial charge in [-0.25, -0.2) is 13.4 Å². The van der Waals surface area contributed by atoms with Crippen LogP contribution < -0.4 is 4.90 Å². The van der Waals surface area contributed by atoms with E-state index in [4.69, 9.17) is 11.6 Å². The number of aliphatic hydroxyl groups is 1. The quantitative estimate of drug-likeness (QED) is 0.562. The second kappa shape index (κ2) is 7.81. The van der Waals surface area contributed by atoms with Gasteiger partial charge in [-0.2, -0.15) is 0 Å². The van der Waals surface area contributed by atoms with E-state index in [1.54, 1.807) is 18.2 Å². The number of benzene rings is 3. The molecule has 3 aromatic carbocycles. The summed E-state index contributed by atoms with van der Waals surface area (Å²) in [6.07, 6.45) is 1.16. The van der Waals surface area contributed by atoms with E-state index < -0.39 is 15.6 Å². The topological polar surface area (TPSA) is 70.0 Å². The van der Waals surface area contributed by atoms with Crippen LogP contribution in [0.1, 0.15) is 11.1 Å². The van der Waals surface area contributed by atoms with Gasteiger partial charge in [0.25, 0.3) is 0 Å². The number of anilines is 1. The van der Waals surface area contributed by atoms with Crippen molar-refractivity contribution in [1.29, 1.82) is 0 Å². The second-order valence-electron chi connectivity index (χ2n) is 7.09. The fourth-order valence-electron chi connectivity index (χ4n) is 3.38. The molecule has 5 nitrogen and oxygen atoms in total. The average Bonchev–Trinajstić information content (AvgIpc) is 3.07. The minimum absolute atomic E-state index is 0.168. The Hall–Kier alpha value is -2.19. The van der Waals surface area contributed by atoms with Gasteiger partial charge < -0.3 is 10.0 Å². The van der Waals surface area contributed by atoms with Crippen molar-refractivity contribution in [3.8, 4) is 0 Å². The van der Waals surface area contributed by atoms with Crippen LogP contribution in [0.25, 0.3) is 0 Å². The molecule has 0 fully saturated rings. The van der Waals surface area contributed by atoms with Crippen molar-refractivity contribution in [3.63, 3.8) is 0 Å². The molecule has 0 spiro atoms. The number of amidine groups is 1. The van der Waals surface area contributed by atoms with Gasteiger partial charge in [0.05, 0.1) is 22.2 Å². The maximum atomic E-state index is 11.8. The van der Waals surface area contributed by atoms with Gasteiger partial charge >= 0.3 is 0 Å². The van der Waals surface area contributed by atoms with Crippen LogP contribution in [0.2, 0.25) is 5.02 Å². The van der Waals surface area contributed by atoms with E-state index >= 15 is 0 Å². The van der Waals surface area contributed by atoms with E-state index in [-0.39, 0.29) is 11.4 Å². The summed E-state index contributed by atoms with van der Waals surface area (Å²) in [5.41, 5.74) is 0.545. The van der Waals surface area contributed by atoms with Crippen molar-refractivity contribution in [2.24, 2.45) is 4.99 Å². The fraction of sp³-hybridized carbons (Fsp3) is 0.136. The predicted octanol–water partition coefficient (Wildman–Crippen LogP) is 4.62. The lowest BCUT2D eigenvalue weighted by molar-refractivity contribution is 0.0648. The van der Waals surface area contributed by atoms with Crippen LogP contribution >= 0.6 is 27.5 Å². The van der Waals surface area contributed by atoms with Crippen molar-refractivity contribution in [1.82, 2.24) is 0 Å². The highest BCUT2D eigenvalue weighted by Gasteiger charge is 2.40. The summed E-state index contributed by atoms with van der Waals surface area (Å²) >= 11 is 9.84. The van der Waals surface area contributed by atoms with Crippen LogP contribution in [0.5, 0.6) is 0 Å². The number of rotatable bonds is 4. The lowest BCUT2D eigenvalue weighted by Crippen LogP contribution is -2.34. The van der Waals surface area contributed by atoms with E-state index in [0.29, 0.717) is 27.7 Å². The zero-order chi connectivity index (χ0) is 21.5. The highest BCUT2D eigenvalue weighted by atomic mass is 79.9. The molecule has 154 valence electrons. The molecule has 1 atom stereocenters.